The number of esters is 1. The molecule has 1 aromatic carbocycles. The Hall–Kier alpha value is -4.95. The van der Waals surface area contributed by atoms with Gasteiger partial charge in [0, 0.05) is 30.3 Å². The van der Waals surface area contributed by atoms with Crippen LogP contribution in [0.3, 0.4) is 0 Å². The van der Waals surface area contributed by atoms with E-state index >= 15 is 0 Å². The highest BCUT2D eigenvalue weighted by Crippen LogP contribution is 2.37. The number of nitrogens with one attached hydrogen (secondary N) is 2. The van der Waals surface area contributed by atoms with Gasteiger partial charge in [0.25, 0.3) is 5.91 Å². The number of benzene rings is 1. The first kappa shape index (κ1) is 33.9. The predicted molar refractivity (Wildman–Crippen MR) is 160 cm³/mol. The fourth-order valence-electron chi connectivity index (χ4n) is 4.26. The molecular weight excluding hydrogens is 609 g/mol. The number of aryl methyl sites for hydroxylation is 3. The third-order valence-corrected chi connectivity index (χ3v) is 6.94. The zero-order valence-corrected chi connectivity index (χ0v) is 26.4. The zero-order chi connectivity index (χ0) is 34.0. The fraction of sp³-hybridized carbons (Fsp3) is 0.419. The van der Waals surface area contributed by atoms with Gasteiger partial charge in [-0.25, -0.2) is 14.6 Å². The quantitative estimate of drug-likeness (QED) is 0.210. The first-order chi connectivity index (χ1) is 21.3. The Bertz CT molecular complexity index is 1760. The molecule has 3 aromatic heterocycles. The molecule has 0 radical (unpaired) electrons. The SMILES string of the molecule is Cc1ccn2c(C(=O)Nc3cc(-c4noc(CC[C@](C)(OC(=O)C(C)NC(=O)OC(C)(C)C)C(F)(F)F)n4)ccc3C)cnc2c1. The summed E-state index contributed by atoms with van der Waals surface area (Å²) >= 11 is 0. The van der Waals surface area contributed by atoms with Crippen LogP contribution in [0, 0.1) is 13.8 Å². The summed E-state index contributed by atoms with van der Waals surface area (Å²) in [5.41, 5.74) is -0.217. The molecule has 0 fully saturated rings. The molecule has 0 spiro atoms. The van der Waals surface area contributed by atoms with E-state index in [0.717, 1.165) is 18.1 Å². The molecule has 1 unspecified atom stereocenters. The van der Waals surface area contributed by atoms with E-state index in [4.69, 9.17) is 14.0 Å². The molecule has 46 heavy (non-hydrogen) atoms. The topological polar surface area (TPSA) is 150 Å². The molecule has 0 aliphatic carbocycles. The van der Waals surface area contributed by atoms with Gasteiger partial charge in [0.1, 0.15) is 23.0 Å². The number of imidazole rings is 1. The van der Waals surface area contributed by atoms with E-state index in [1.165, 1.54) is 13.1 Å². The lowest BCUT2D eigenvalue weighted by Gasteiger charge is -2.32. The average molecular weight is 645 g/mol. The van der Waals surface area contributed by atoms with E-state index < -0.39 is 47.8 Å². The van der Waals surface area contributed by atoms with E-state index in [1.807, 2.05) is 19.1 Å². The van der Waals surface area contributed by atoms with Crippen LogP contribution in [0.2, 0.25) is 0 Å². The molecule has 2 N–H and O–H groups in total. The zero-order valence-electron chi connectivity index (χ0n) is 26.4. The minimum atomic E-state index is -4.96. The van der Waals surface area contributed by atoms with E-state index in [9.17, 15) is 27.6 Å². The minimum absolute atomic E-state index is 0.0802. The maximum absolute atomic E-state index is 14.1. The summed E-state index contributed by atoms with van der Waals surface area (Å²) in [5.74, 6) is -1.75. The number of hydrogen-bond donors (Lipinski definition) is 2. The Morgan fingerprint density at radius 1 is 1.04 bits per heavy atom. The number of ether oxygens (including phenoxy) is 2. The van der Waals surface area contributed by atoms with Crippen molar-refractivity contribution in [2.24, 2.45) is 0 Å². The highest BCUT2D eigenvalue weighted by molar-refractivity contribution is 6.04. The van der Waals surface area contributed by atoms with Crippen LogP contribution in [-0.2, 0) is 20.7 Å². The van der Waals surface area contributed by atoms with Gasteiger partial charge in [-0.1, -0.05) is 17.3 Å². The van der Waals surface area contributed by atoms with Crippen molar-refractivity contribution in [3.63, 3.8) is 0 Å². The molecule has 0 aliphatic heterocycles. The van der Waals surface area contributed by atoms with Gasteiger partial charge in [0.05, 0.1) is 6.20 Å². The lowest BCUT2D eigenvalue weighted by molar-refractivity contribution is -0.266. The van der Waals surface area contributed by atoms with Crippen molar-refractivity contribution < 1.29 is 41.6 Å². The molecular formula is C31H35F3N6O6. The van der Waals surface area contributed by atoms with E-state index in [0.29, 0.717) is 22.6 Å². The van der Waals surface area contributed by atoms with Crippen LogP contribution >= 0.6 is 0 Å². The van der Waals surface area contributed by atoms with Crippen LogP contribution in [0.5, 0.6) is 0 Å². The van der Waals surface area contributed by atoms with Crippen LogP contribution in [0.15, 0.2) is 47.2 Å². The Balaban J connectivity index is 1.44. The van der Waals surface area contributed by atoms with Gasteiger partial charge in [-0.05, 0) is 77.8 Å². The minimum Gasteiger partial charge on any atom is -0.448 e. The number of carbonyl (C=O) groups is 3. The van der Waals surface area contributed by atoms with Gasteiger partial charge >= 0.3 is 18.2 Å². The molecule has 246 valence electrons. The largest absolute Gasteiger partial charge is 0.448 e. The molecule has 4 rings (SSSR count). The predicted octanol–water partition coefficient (Wildman–Crippen LogP) is 5.96. The highest BCUT2D eigenvalue weighted by atomic mass is 19.4. The molecule has 12 nitrogen and oxygen atoms in total. The molecule has 15 heteroatoms. The first-order valence-corrected chi connectivity index (χ1v) is 14.3. The number of aromatic nitrogens is 4. The van der Waals surface area contributed by atoms with Crippen LogP contribution in [0.25, 0.3) is 17.0 Å². The van der Waals surface area contributed by atoms with Gasteiger partial charge < -0.3 is 24.6 Å². The van der Waals surface area contributed by atoms with Gasteiger partial charge in [-0.3, -0.25) is 9.20 Å². The Labute approximate surface area is 262 Å². The normalized spacial score (nSPS) is 14.0. The van der Waals surface area contributed by atoms with E-state index in [2.05, 4.69) is 25.8 Å². The number of pyridine rings is 1. The Kier molecular flexibility index (Phi) is 9.45. The lowest BCUT2D eigenvalue weighted by Crippen LogP contribution is -2.51. The average Bonchev–Trinajstić information content (AvgIpc) is 3.58. The third-order valence-electron chi connectivity index (χ3n) is 6.94. The van der Waals surface area contributed by atoms with E-state index in [-0.39, 0.29) is 18.1 Å². The smallest absolute Gasteiger partial charge is 0.428 e. The standard InChI is InChI=1S/C31H35F3N6O6/c1-17-11-13-40-22(16-35-23(40)14-17)26(41)37-21-15-20(9-8-18(21)2)25-38-24(46-39-25)10-12-30(7,31(32,33)34)44-27(42)19(3)36-28(43)45-29(4,5)6/h8-9,11,13-16,19H,10,12H2,1-7H3,(H,36,43)(H,37,41)/t19?,30-/m0/s1. The molecule has 0 saturated heterocycles. The van der Waals surface area contributed by atoms with E-state index in [1.54, 1.807) is 56.5 Å². The second-order valence-electron chi connectivity index (χ2n) is 12.1. The summed E-state index contributed by atoms with van der Waals surface area (Å²) in [6, 6.07) is 7.32. The number of hydrogen-bond acceptors (Lipinski definition) is 9. The van der Waals surface area contributed by atoms with Crippen molar-refractivity contribution in [2.75, 3.05) is 5.32 Å². The van der Waals surface area contributed by atoms with Crippen molar-refractivity contribution in [1.29, 1.82) is 0 Å². The van der Waals surface area contributed by atoms with Crippen molar-refractivity contribution >= 4 is 29.3 Å². The second kappa shape index (κ2) is 12.8. The maximum atomic E-state index is 14.1. The number of nitrogens with zero attached hydrogens (tertiary/aromatic N) is 4. The number of alkyl carbamates (subject to hydrolysis) is 1. The maximum Gasteiger partial charge on any atom is 0.428 e. The highest BCUT2D eigenvalue weighted by Gasteiger charge is 2.54. The summed E-state index contributed by atoms with van der Waals surface area (Å²) in [5, 5.41) is 8.91. The number of fused-ring (bicyclic) bond motifs is 1. The van der Waals surface area contributed by atoms with Crippen molar-refractivity contribution in [3.8, 4) is 11.4 Å². The summed E-state index contributed by atoms with van der Waals surface area (Å²) in [7, 11) is 0. The van der Waals surface area contributed by atoms with Crippen LogP contribution in [0.1, 0.15) is 68.5 Å². The molecule has 0 saturated carbocycles. The number of amides is 2. The van der Waals surface area contributed by atoms with Crippen LogP contribution in [-0.4, -0.2) is 60.9 Å². The number of anilines is 1. The molecule has 3 heterocycles. The van der Waals surface area contributed by atoms with Gasteiger partial charge in [-0.15, -0.1) is 0 Å². The van der Waals surface area contributed by atoms with Gasteiger partial charge in [0.2, 0.25) is 17.3 Å². The summed E-state index contributed by atoms with van der Waals surface area (Å²) in [6.45, 7) is 10.4. The molecule has 0 bridgehead atoms. The number of halogens is 3. The molecule has 2 amide bonds. The number of alkyl halides is 3. The first-order valence-electron chi connectivity index (χ1n) is 14.3. The Morgan fingerprint density at radius 3 is 2.43 bits per heavy atom. The van der Waals surface area contributed by atoms with Gasteiger partial charge in [-0.2, -0.15) is 18.2 Å². The van der Waals surface area contributed by atoms with Gasteiger partial charge in [0.15, 0.2) is 0 Å². The number of rotatable bonds is 9. The molecule has 0 aliphatic rings. The molecule has 2 atom stereocenters. The van der Waals surface area contributed by atoms with Crippen molar-refractivity contribution in [1.82, 2.24) is 24.8 Å². The summed E-state index contributed by atoms with van der Waals surface area (Å²) in [4.78, 5) is 46.1. The van der Waals surface area contributed by atoms with Crippen LogP contribution in [0.4, 0.5) is 23.7 Å². The Morgan fingerprint density at radius 2 is 1.76 bits per heavy atom. The number of carbonyl (C=O) groups excluding carboxylic acids is 3. The van der Waals surface area contributed by atoms with Crippen molar-refractivity contribution in [2.45, 2.75) is 84.7 Å². The van der Waals surface area contributed by atoms with Crippen molar-refractivity contribution in [3.05, 3.63) is 65.4 Å². The third kappa shape index (κ3) is 8.00. The summed E-state index contributed by atoms with van der Waals surface area (Å²) in [6.07, 6.45) is -3.83. The fourth-order valence-corrected chi connectivity index (χ4v) is 4.26. The van der Waals surface area contributed by atoms with Crippen LogP contribution < -0.4 is 10.6 Å². The summed E-state index contributed by atoms with van der Waals surface area (Å²) < 4.78 is 59.0. The second-order valence-corrected chi connectivity index (χ2v) is 12.1. The monoisotopic (exact) mass is 644 g/mol. The molecule has 4 aromatic rings. The lowest BCUT2D eigenvalue weighted by atomic mass is 9.99.